The first-order chi connectivity index (χ1) is 15.8. The summed E-state index contributed by atoms with van der Waals surface area (Å²) in [7, 11) is 0. The average Bonchev–Trinajstić information content (AvgIpc) is 2.77. The average molecular weight is 478 g/mol. The standard InChI is InChI=1S/C26H24ClN3O2S/c1-26(2)12-18-21(19(31)13-26)20(15-8-4-3-5-9-15)22-23(28-18)29-25(30-24(22)32)33-14-16-10-6-7-11-17(16)27/h3-11,20-21H,12-14H2,1-2H3,(H,29,30,32). The van der Waals surface area contributed by atoms with Crippen molar-refractivity contribution in [2.75, 3.05) is 0 Å². The van der Waals surface area contributed by atoms with Crippen LogP contribution in [0.2, 0.25) is 5.02 Å². The number of hydrogen-bond acceptors (Lipinski definition) is 5. The SMILES string of the molecule is CC1(C)CC(=O)C2C(=Nc3nc(SCc4ccccc4Cl)[nH]c(=O)c3C2c2ccccc2)C1. The molecule has 0 amide bonds. The predicted molar refractivity (Wildman–Crippen MR) is 133 cm³/mol. The lowest BCUT2D eigenvalue weighted by Gasteiger charge is -2.40. The molecule has 0 saturated heterocycles. The molecule has 7 heteroatoms. The van der Waals surface area contributed by atoms with Crippen molar-refractivity contribution < 1.29 is 4.79 Å². The maximum absolute atomic E-state index is 13.3. The maximum atomic E-state index is 13.3. The molecule has 1 aliphatic carbocycles. The number of nitrogens with one attached hydrogen (secondary N) is 1. The number of nitrogens with zero attached hydrogens (tertiary/aromatic N) is 2. The molecular weight excluding hydrogens is 454 g/mol. The number of aliphatic imine (C=N–C) groups is 1. The van der Waals surface area contributed by atoms with E-state index in [1.165, 1.54) is 11.8 Å². The second kappa shape index (κ2) is 8.58. The van der Waals surface area contributed by atoms with Crippen LogP contribution in [-0.4, -0.2) is 21.5 Å². The zero-order valence-corrected chi connectivity index (χ0v) is 20.0. The Labute approximate surface area is 201 Å². The molecule has 1 aromatic heterocycles. The Morgan fingerprint density at radius 3 is 2.52 bits per heavy atom. The van der Waals surface area contributed by atoms with Crippen molar-refractivity contribution in [3.63, 3.8) is 0 Å². The van der Waals surface area contributed by atoms with Crippen LogP contribution in [0.1, 0.15) is 49.3 Å². The first kappa shape index (κ1) is 22.1. The van der Waals surface area contributed by atoms with Gasteiger partial charge in [0.1, 0.15) is 5.78 Å². The van der Waals surface area contributed by atoms with Crippen LogP contribution in [-0.2, 0) is 10.5 Å². The van der Waals surface area contributed by atoms with Gasteiger partial charge in [0, 0.05) is 28.8 Å². The minimum atomic E-state index is -0.419. The number of Topliss-reactive ketones (excluding diaryl/α,β-unsaturated/α-hetero) is 1. The second-order valence-electron chi connectivity index (χ2n) is 9.44. The summed E-state index contributed by atoms with van der Waals surface area (Å²) in [5, 5.41) is 1.18. The first-order valence-electron chi connectivity index (χ1n) is 11.0. The molecule has 33 heavy (non-hydrogen) atoms. The third-order valence-corrected chi connectivity index (χ3v) is 7.60. The Bertz CT molecular complexity index is 1320. The van der Waals surface area contributed by atoms with Crippen molar-refractivity contribution in [1.29, 1.82) is 0 Å². The molecule has 5 rings (SSSR count). The summed E-state index contributed by atoms with van der Waals surface area (Å²) in [6.07, 6.45) is 1.19. The normalized spacial score (nSPS) is 21.2. The molecule has 0 radical (unpaired) electrons. The number of carbonyl (C=O) groups is 1. The van der Waals surface area contributed by atoms with E-state index in [2.05, 4.69) is 18.8 Å². The van der Waals surface area contributed by atoms with Crippen molar-refractivity contribution in [3.05, 3.63) is 86.7 Å². The van der Waals surface area contributed by atoms with Crippen LogP contribution in [0, 0.1) is 11.3 Å². The first-order valence-corrected chi connectivity index (χ1v) is 12.3. The molecule has 1 aliphatic heterocycles. The number of thioether (sulfide) groups is 1. The van der Waals surface area contributed by atoms with Gasteiger partial charge in [-0.05, 0) is 29.0 Å². The van der Waals surface area contributed by atoms with Gasteiger partial charge in [-0.15, -0.1) is 0 Å². The van der Waals surface area contributed by atoms with E-state index in [-0.39, 0.29) is 22.7 Å². The summed E-state index contributed by atoms with van der Waals surface area (Å²) < 4.78 is 0. The van der Waals surface area contributed by atoms with Gasteiger partial charge in [0.2, 0.25) is 0 Å². The molecule has 1 fully saturated rings. The fourth-order valence-corrected chi connectivity index (χ4v) is 6.03. The molecule has 0 spiro atoms. The molecule has 3 aromatic rings. The Balaban J connectivity index is 1.59. The lowest BCUT2D eigenvalue weighted by atomic mass is 9.64. The van der Waals surface area contributed by atoms with E-state index in [4.69, 9.17) is 21.6 Å². The van der Waals surface area contributed by atoms with Gasteiger partial charge in [0.05, 0.1) is 11.5 Å². The van der Waals surface area contributed by atoms with Gasteiger partial charge in [-0.2, -0.15) is 0 Å². The van der Waals surface area contributed by atoms with Crippen molar-refractivity contribution in [3.8, 4) is 0 Å². The van der Waals surface area contributed by atoms with Gasteiger partial charge < -0.3 is 4.98 Å². The van der Waals surface area contributed by atoms with Crippen LogP contribution in [0.4, 0.5) is 5.82 Å². The molecule has 2 aliphatic rings. The molecule has 2 unspecified atom stereocenters. The highest BCUT2D eigenvalue weighted by molar-refractivity contribution is 7.98. The Kier molecular flexibility index (Phi) is 5.75. The summed E-state index contributed by atoms with van der Waals surface area (Å²) in [6.45, 7) is 4.18. The summed E-state index contributed by atoms with van der Waals surface area (Å²) in [6, 6.07) is 17.4. The van der Waals surface area contributed by atoms with Crippen LogP contribution in [0.3, 0.4) is 0 Å². The smallest absolute Gasteiger partial charge is 0.257 e. The van der Waals surface area contributed by atoms with E-state index in [1.54, 1.807) is 0 Å². The minimum absolute atomic E-state index is 0.140. The van der Waals surface area contributed by atoms with E-state index in [0.717, 1.165) is 16.8 Å². The van der Waals surface area contributed by atoms with Crippen molar-refractivity contribution in [2.24, 2.45) is 16.3 Å². The highest BCUT2D eigenvalue weighted by atomic mass is 35.5. The number of hydrogen-bond donors (Lipinski definition) is 1. The van der Waals surface area contributed by atoms with Gasteiger partial charge in [-0.25, -0.2) is 9.98 Å². The number of halogens is 1. The lowest BCUT2D eigenvalue weighted by molar-refractivity contribution is -0.124. The zero-order valence-electron chi connectivity index (χ0n) is 18.5. The highest BCUT2D eigenvalue weighted by Crippen LogP contribution is 2.47. The molecule has 0 bridgehead atoms. The number of benzene rings is 2. The number of carbonyl (C=O) groups excluding carboxylic acids is 1. The topological polar surface area (TPSA) is 75.2 Å². The molecular formula is C26H24ClN3O2S. The Hall–Kier alpha value is -2.70. The van der Waals surface area contributed by atoms with Crippen molar-refractivity contribution in [2.45, 2.75) is 43.5 Å². The zero-order chi connectivity index (χ0) is 23.2. The van der Waals surface area contributed by atoms with Crippen LogP contribution < -0.4 is 5.56 Å². The van der Waals surface area contributed by atoms with Crippen LogP contribution in [0.25, 0.3) is 0 Å². The second-order valence-corrected chi connectivity index (χ2v) is 10.8. The fraction of sp³-hybridized carbons (Fsp3) is 0.308. The quantitative estimate of drug-likeness (QED) is 0.372. The molecule has 5 nitrogen and oxygen atoms in total. The number of ketones is 1. The van der Waals surface area contributed by atoms with Crippen LogP contribution in [0.5, 0.6) is 0 Å². The van der Waals surface area contributed by atoms with Crippen LogP contribution in [0.15, 0.2) is 69.5 Å². The number of fused-ring (bicyclic) bond motifs is 2. The van der Waals surface area contributed by atoms with E-state index >= 15 is 0 Å². The summed E-state index contributed by atoms with van der Waals surface area (Å²) in [4.78, 5) is 39.1. The van der Waals surface area contributed by atoms with Gasteiger partial charge in [-0.3, -0.25) is 9.59 Å². The molecule has 1 saturated carbocycles. The van der Waals surface area contributed by atoms with Crippen molar-refractivity contribution >= 4 is 40.7 Å². The number of aromatic amines is 1. The molecule has 168 valence electrons. The fourth-order valence-electron chi connectivity index (χ4n) is 4.89. The monoisotopic (exact) mass is 477 g/mol. The third-order valence-electron chi connectivity index (χ3n) is 6.31. The van der Waals surface area contributed by atoms with E-state index in [9.17, 15) is 9.59 Å². The summed E-state index contributed by atoms with van der Waals surface area (Å²) in [5.41, 5.74) is 2.82. The summed E-state index contributed by atoms with van der Waals surface area (Å²) in [5.74, 6) is 0.342. The maximum Gasteiger partial charge on any atom is 0.257 e. The molecule has 2 heterocycles. The number of aromatic nitrogens is 2. The molecule has 2 atom stereocenters. The molecule has 1 N–H and O–H groups in total. The Morgan fingerprint density at radius 1 is 1.03 bits per heavy atom. The van der Waals surface area contributed by atoms with E-state index in [0.29, 0.717) is 40.2 Å². The van der Waals surface area contributed by atoms with Gasteiger partial charge in [0.15, 0.2) is 11.0 Å². The highest BCUT2D eigenvalue weighted by Gasteiger charge is 2.47. The predicted octanol–water partition coefficient (Wildman–Crippen LogP) is 5.94. The molecule has 2 aromatic carbocycles. The number of rotatable bonds is 4. The third kappa shape index (κ3) is 4.30. The number of H-pyrrole nitrogens is 1. The summed E-state index contributed by atoms with van der Waals surface area (Å²) >= 11 is 7.70. The van der Waals surface area contributed by atoms with Crippen LogP contribution >= 0.6 is 23.4 Å². The van der Waals surface area contributed by atoms with E-state index < -0.39 is 5.92 Å². The van der Waals surface area contributed by atoms with Gasteiger partial charge >= 0.3 is 0 Å². The lowest BCUT2D eigenvalue weighted by Crippen LogP contribution is -2.44. The van der Waals surface area contributed by atoms with Gasteiger partial charge in [0.25, 0.3) is 5.56 Å². The van der Waals surface area contributed by atoms with E-state index in [1.807, 2.05) is 54.6 Å². The van der Waals surface area contributed by atoms with Gasteiger partial charge in [-0.1, -0.05) is 85.7 Å². The Morgan fingerprint density at radius 2 is 1.76 bits per heavy atom. The van der Waals surface area contributed by atoms with Crippen molar-refractivity contribution in [1.82, 2.24) is 9.97 Å². The minimum Gasteiger partial charge on any atom is -0.301 e. The largest absolute Gasteiger partial charge is 0.301 e.